The molecule has 2 aliphatic rings. The molecule has 168 valence electrons. The van der Waals surface area contributed by atoms with Crippen LogP contribution in [0.5, 0.6) is 0 Å². The van der Waals surface area contributed by atoms with Gasteiger partial charge in [-0.15, -0.1) is 0 Å². The van der Waals surface area contributed by atoms with Crippen LogP contribution in [-0.2, 0) is 24.1 Å². The lowest BCUT2D eigenvalue weighted by Gasteiger charge is -2.44. The van der Waals surface area contributed by atoms with E-state index in [1.807, 2.05) is 13.8 Å². The van der Waals surface area contributed by atoms with Crippen LogP contribution in [0.15, 0.2) is 8.89 Å². The van der Waals surface area contributed by atoms with Crippen LogP contribution >= 0.6 is 0 Å². The third-order valence-electron chi connectivity index (χ3n) is 6.27. The highest BCUT2D eigenvalue weighted by molar-refractivity contribution is 7.93. The molecule has 2 atom stereocenters. The second kappa shape index (κ2) is 8.78. The highest BCUT2D eigenvalue weighted by atomic mass is 32.2. The number of rotatable bonds is 4. The summed E-state index contributed by atoms with van der Waals surface area (Å²) in [7, 11) is -2.62. The Kier molecular flexibility index (Phi) is 6.72. The molecule has 0 aromatic carbocycles. The van der Waals surface area contributed by atoms with E-state index in [-0.39, 0.29) is 23.5 Å². The number of hydrogen-bond donors (Lipinski definition) is 1. The van der Waals surface area contributed by atoms with Gasteiger partial charge in [0, 0.05) is 35.6 Å². The van der Waals surface area contributed by atoms with Gasteiger partial charge in [0.05, 0.1) is 26.9 Å². The Hall–Kier alpha value is -1.74. The smallest absolute Gasteiger partial charge is 0.261 e. The third-order valence-corrected chi connectivity index (χ3v) is 8.46. The molecular weight excluding hydrogens is 406 g/mol. The van der Waals surface area contributed by atoms with Crippen LogP contribution in [0.25, 0.3) is 0 Å². The summed E-state index contributed by atoms with van der Waals surface area (Å²) < 4.78 is 28.7. The van der Waals surface area contributed by atoms with Crippen LogP contribution in [0.3, 0.4) is 0 Å². The van der Waals surface area contributed by atoms with E-state index in [9.17, 15) is 13.8 Å². The summed E-state index contributed by atoms with van der Waals surface area (Å²) in [6.45, 7) is 9.62. The molecule has 0 aliphatic carbocycles. The molecule has 2 saturated heterocycles. The molecule has 0 radical (unpaired) electrons. The van der Waals surface area contributed by atoms with Crippen molar-refractivity contribution in [3.05, 3.63) is 17.0 Å². The minimum absolute atomic E-state index is 0.0468. The summed E-state index contributed by atoms with van der Waals surface area (Å²) in [6, 6.07) is 0.0703. The van der Waals surface area contributed by atoms with Gasteiger partial charge in [-0.3, -0.25) is 9.59 Å². The van der Waals surface area contributed by atoms with E-state index in [2.05, 4.69) is 14.8 Å². The molecular formula is C21H33N3O5S. The molecule has 1 spiro atoms. The molecule has 1 aromatic heterocycles. The predicted octanol–water partition coefficient (Wildman–Crippen LogP) is 2.87. The number of aromatic nitrogens is 1. The van der Waals surface area contributed by atoms with Crippen molar-refractivity contribution in [3.63, 3.8) is 0 Å². The fraction of sp³-hybridized carbons (Fsp3) is 0.762. The molecule has 8 nitrogen and oxygen atoms in total. The zero-order chi connectivity index (χ0) is 22.1. The summed E-state index contributed by atoms with van der Waals surface area (Å²) in [4.78, 5) is 24.8. The monoisotopic (exact) mass is 439 g/mol. The molecule has 3 heterocycles. The minimum atomic E-state index is -2.62. The fourth-order valence-corrected chi connectivity index (χ4v) is 6.61. The molecule has 30 heavy (non-hydrogen) atoms. The van der Waals surface area contributed by atoms with E-state index >= 15 is 0 Å². The van der Waals surface area contributed by atoms with E-state index in [1.54, 1.807) is 20.8 Å². The van der Waals surface area contributed by atoms with Gasteiger partial charge in [-0.2, -0.15) is 4.36 Å². The quantitative estimate of drug-likeness (QED) is 0.772. The van der Waals surface area contributed by atoms with E-state index < -0.39 is 21.6 Å². The van der Waals surface area contributed by atoms with E-state index in [4.69, 9.17) is 9.26 Å². The summed E-state index contributed by atoms with van der Waals surface area (Å²) in [5.74, 6) is 0.315. The zero-order valence-electron chi connectivity index (χ0n) is 18.5. The third kappa shape index (κ3) is 4.94. The maximum Gasteiger partial charge on any atom is 0.261 e. The minimum Gasteiger partial charge on any atom is -0.375 e. The molecule has 1 N–H and O–H groups in total. The number of aryl methyl sites for hydroxylation is 2. The number of ether oxygens (including phenoxy) is 1. The highest BCUT2D eigenvalue weighted by Gasteiger charge is 2.42. The van der Waals surface area contributed by atoms with Gasteiger partial charge in [0.1, 0.15) is 5.76 Å². The Morgan fingerprint density at radius 1 is 1.23 bits per heavy atom. The zero-order valence-corrected chi connectivity index (χ0v) is 19.3. The van der Waals surface area contributed by atoms with Crippen LogP contribution in [0.4, 0.5) is 0 Å². The Balaban J connectivity index is 1.66. The number of carbonyl (C=O) groups excluding carboxylic acids is 2. The Labute approximate surface area is 178 Å². The van der Waals surface area contributed by atoms with Gasteiger partial charge < -0.3 is 14.6 Å². The highest BCUT2D eigenvalue weighted by Crippen LogP contribution is 2.37. The maximum atomic E-state index is 13.3. The first-order valence-electron chi connectivity index (χ1n) is 10.7. The van der Waals surface area contributed by atoms with Gasteiger partial charge in [0.15, 0.2) is 0 Å². The van der Waals surface area contributed by atoms with Crippen LogP contribution in [0.1, 0.15) is 69.4 Å². The molecule has 9 heteroatoms. The summed E-state index contributed by atoms with van der Waals surface area (Å²) in [5.41, 5.74) is 0.990. The lowest BCUT2D eigenvalue weighted by atomic mass is 9.85. The molecule has 2 unspecified atom stereocenters. The number of carbonyl (C=O) groups is 2. The van der Waals surface area contributed by atoms with Gasteiger partial charge in [0.2, 0.25) is 5.91 Å². The molecule has 1 aromatic rings. The Morgan fingerprint density at radius 3 is 2.47 bits per heavy atom. The van der Waals surface area contributed by atoms with E-state index in [0.717, 1.165) is 12.0 Å². The van der Waals surface area contributed by atoms with Crippen LogP contribution < -0.4 is 5.32 Å². The first-order chi connectivity index (χ1) is 14.0. The first-order valence-corrected chi connectivity index (χ1v) is 12.5. The summed E-state index contributed by atoms with van der Waals surface area (Å²) in [6.07, 6.45) is 2.66. The van der Waals surface area contributed by atoms with Crippen molar-refractivity contribution < 1.29 is 23.1 Å². The van der Waals surface area contributed by atoms with Crippen LogP contribution in [-0.4, -0.2) is 50.9 Å². The fourth-order valence-electron chi connectivity index (χ4n) is 4.35. The van der Waals surface area contributed by atoms with Crippen molar-refractivity contribution >= 4 is 21.5 Å². The molecule has 3 rings (SSSR count). The van der Waals surface area contributed by atoms with E-state index in [1.165, 1.54) is 0 Å². The van der Waals surface area contributed by atoms with Crippen molar-refractivity contribution in [1.82, 2.24) is 10.5 Å². The molecule has 2 amide bonds. The van der Waals surface area contributed by atoms with Gasteiger partial charge in [-0.05, 0) is 46.5 Å². The summed E-state index contributed by atoms with van der Waals surface area (Å²) in [5, 5.41) is 6.99. The normalized spacial score (nSPS) is 30.3. The van der Waals surface area contributed by atoms with Gasteiger partial charge >= 0.3 is 0 Å². The van der Waals surface area contributed by atoms with Crippen molar-refractivity contribution in [3.8, 4) is 0 Å². The average Bonchev–Trinajstić information content (AvgIpc) is 3.02. The van der Waals surface area contributed by atoms with Crippen molar-refractivity contribution in [2.45, 2.75) is 77.9 Å². The molecule has 2 fully saturated rings. The van der Waals surface area contributed by atoms with Crippen LogP contribution in [0.2, 0.25) is 0 Å². The summed E-state index contributed by atoms with van der Waals surface area (Å²) >= 11 is 0. The standard InChI is InChI=1S/C21H33N3O5S/c1-13(2)19(25)22-17-6-9-28-21(12-17)7-10-30(27,11-8-21)24-20(26)14(3)18-15(4)23-29-16(18)5/h13-14,17H,6-12H2,1-5H3,(H,22,25). The largest absolute Gasteiger partial charge is 0.375 e. The first kappa shape index (κ1) is 22.9. The van der Waals surface area contributed by atoms with Gasteiger partial charge in [0.25, 0.3) is 5.91 Å². The lowest BCUT2D eigenvalue weighted by molar-refractivity contribution is -0.129. The van der Waals surface area contributed by atoms with Gasteiger partial charge in [-0.25, -0.2) is 4.21 Å². The second-order valence-electron chi connectivity index (χ2n) is 8.95. The van der Waals surface area contributed by atoms with Crippen molar-refractivity contribution in [2.75, 3.05) is 18.1 Å². The number of nitrogens with one attached hydrogen (secondary N) is 1. The van der Waals surface area contributed by atoms with Crippen molar-refractivity contribution in [1.29, 1.82) is 0 Å². The number of hydrogen-bond acceptors (Lipinski definition) is 6. The second-order valence-corrected chi connectivity index (χ2v) is 11.5. The topological polar surface area (TPSA) is 111 Å². The molecule has 0 bridgehead atoms. The van der Waals surface area contributed by atoms with E-state index in [0.29, 0.717) is 48.8 Å². The average molecular weight is 440 g/mol. The SMILES string of the molecule is Cc1noc(C)c1C(C)C(=O)N=S1(=O)CCC2(CC1)CC(NC(=O)C(C)C)CCO2. The van der Waals surface area contributed by atoms with Crippen LogP contribution in [0, 0.1) is 19.8 Å². The predicted molar refractivity (Wildman–Crippen MR) is 114 cm³/mol. The number of amides is 2. The number of nitrogens with zero attached hydrogens (tertiary/aromatic N) is 2. The Morgan fingerprint density at radius 2 is 1.90 bits per heavy atom. The lowest BCUT2D eigenvalue weighted by Crippen LogP contribution is -2.52. The molecule has 0 saturated carbocycles. The van der Waals surface area contributed by atoms with Gasteiger partial charge in [-0.1, -0.05) is 19.0 Å². The van der Waals surface area contributed by atoms with Crippen molar-refractivity contribution in [2.24, 2.45) is 10.3 Å². The molecule has 2 aliphatic heterocycles. The maximum absolute atomic E-state index is 13.3. The Bertz CT molecular complexity index is 896.